The Labute approximate surface area is 118 Å². The van der Waals surface area contributed by atoms with Gasteiger partial charge in [0.15, 0.2) is 0 Å². The average molecular weight is 295 g/mol. The van der Waals surface area contributed by atoms with Crippen molar-refractivity contribution in [3.8, 4) is 0 Å². The van der Waals surface area contributed by atoms with Gasteiger partial charge in [0.05, 0.1) is 4.90 Å². The molecule has 1 aliphatic rings. The Balaban J connectivity index is 2.12. The molecule has 0 bridgehead atoms. The zero-order valence-corrected chi connectivity index (χ0v) is 11.8. The van der Waals surface area contributed by atoms with Crippen LogP contribution in [0.5, 0.6) is 0 Å². The fourth-order valence-electron chi connectivity index (χ4n) is 2.07. The fraction of sp³-hybridized carbons (Fsp3) is 0.357. The lowest BCUT2D eigenvalue weighted by Gasteiger charge is -2.22. The van der Waals surface area contributed by atoms with Crippen molar-refractivity contribution < 1.29 is 18.3 Å². The third-order valence-electron chi connectivity index (χ3n) is 3.21. The van der Waals surface area contributed by atoms with Gasteiger partial charge in [-0.1, -0.05) is 24.3 Å². The minimum absolute atomic E-state index is 0.0447. The highest BCUT2D eigenvalue weighted by molar-refractivity contribution is 7.89. The van der Waals surface area contributed by atoms with Gasteiger partial charge in [-0.05, 0) is 30.5 Å². The molecular weight excluding hydrogens is 278 g/mol. The number of carboxylic acid groups (broad SMARTS) is 1. The van der Waals surface area contributed by atoms with E-state index >= 15 is 0 Å². The summed E-state index contributed by atoms with van der Waals surface area (Å²) >= 11 is 0. The molecule has 2 rings (SSSR count). The first kappa shape index (κ1) is 14.7. The van der Waals surface area contributed by atoms with E-state index in [4.69, 9.17) is 5.11 Å². The van der Waals surface area contributed by atoms with Gasteiger partial charge in [-0.3, -0.25) is 4.79 Å². The van der Waals surface area contributed by atoms with E-state index in [1.54, 1.807) is 24.3 Å². The minimum atomic E-state index is -3.44. The molecular formula is C14H17NO4S. The van der Waals surface area contributed by atoms with Gasteiger partial charge in [0, 0.05) is 19.5 Å². The third-order valence-corrected chi connectivity index (χ3v) is 5.09. The van der Waals surface area contributed by atoms with Crippen molar-refractivity contribution in [1.29, 1.82) is 0 Å². The highest BCUT2D eigenvalue weighted by Gasteiger charge is 2.23. The molecule has 0 spiro atoms. The first-order chi connectivity index (χ1) is 9.50. The molecule has 0 saturated carbocycles. The number of rotatable bonds is 5. The van der Waals surface area contributed by atoms with Crippen LogP contribution in [0.1, 0.15) is 18.4 Å². The van der Waals surface area contributed by atoms with Crippen LogP contribution < -0.4 is 0 Å². The van der Waals surface area contributed by atoms with E-state index in [9.17, 15) is 13.2 Å². The van der Waals surface area contributed by atoms with Gasteiger partial charge in [0.1, 0.15) is 0 Å². The molecule has 1 aromatic carbocycles. The van der Waals surface area contributed by atoms with Gasteiger partial charge in [0.25, 0.3) is 0 Å². The number of sulfonamides is 1. The highest BCUT2D eigenvalue weighted by atomic mass is 32.2. The third kappa shape index (κ3) is 3.46. The van der Waals surface area contributed by atoms with E-state index in [1.807, 2.05) is 12.2 Å². The van der Waals surface area contributed by atoms with Crippen LogP contribution >= 0.6 is 0 Å². The van der Waals surface area contributed by atoms with E-state index in [2.05, 4.69) is 0 Å². The summed E-state index contributed by atoms with van der Waals surface area (Å²) in [6.07, 6.45) is 5.00. The van der Waals surface area contributed by atoms with Crippen LogP contribution in [0.2, 0.25) is 0 Å². The Hall–Kier alpha value is -1.66. The van der Waals surface area contributed by atoms with Crippen molar-refractivity contribution in [1.82, 2.24) is 4.31 Å². The molecule has 0 atom stereocenters. The highest BCUT2D eigenvalue weighted by Crippen LogP contribution is 2.19. The first-order valence-corrected chi connectivity index (χ1v) is 7.90. The van der Waals surface area contributed by atoms with Crippen LogP contribution in [0, 0.1) is 0 Å². The Morgan fingerprint density at radius 2 is 1.90 bits per heavy atom. The van der Waals surface area contributed by atoms with Gasteiger partial charge >= 0.3 is 5.97 Å². The van der Waals surface area contributed by atoms with E-state index in [0.717, 1.165) is 12.0 Å². The van der Waals surface area contributed by atoms with Crippen LogP contribution in [0.25, 0.3) is 0 Å². The molecule has 0 amide bonds. The smallest absolute Gasteiger partial charge is 0.303 e. The molecule has 1 aromatic rings. The standard InChI is InChI=1S/C14H17NO4S/c16-14(17)9-6-12-4-7-13(8-5-12)20(18,19)15-10-2-1-3-11-15/h1-2,4-5,7-8H,3,6,9-11H2,(H,16,17). The lowest BCUT2D eigenvalue weighted by atomic mass is 10.1. The second-order valence-corrected chi connectivity index (χ2v) is 6.60. The van der Waals surface area contributed by atoms with Crippen molar-refractivity contribution in [3.63, 3.8) is 0 Å². The van der Waals surface area contributed by atoms with Gasteiger partial charge in [0.2, 0.25) is 10.0 Å². The van der Waals surface area contributed by atoms with Crippen LogP contribution in [0.15, 0.2) is 41.3 Å². The number of carboxylic acids is 1. The molecule has 6 heteroatoms. The van der Waals surface area contributed by atoms with Gasteiger partial charge in [-0.2, -0.15) is 4.31 Å². The minimum Gasteiger partial charge on any atom is -0.481 e. The average Bonchev–Trinajstić information content (AvgIpc) is 2.46. The van der Waals surface area contributed by atoms with E-state index in [-0.39, 0.29) is 11.3 Å². The number of nitrogens with zero attached hydrogens (tertiary/aromatic N) is 1. The van der Waals surface area contributed by atoms with E-state index in [1.165, 1.54) is 4.31 Å². The predicted molar refractivity (Wildman–Crippen MR) is 74.9 cm³/mol. The predicted octanol–water partition coefficient (Wildman–Crippen LogP) is 1.65. The monoisotopic (exact) mass is 295 g/mol. The molecule has 1 N–H and O–H groups in total. The second-order valence-electron chi connectivity index (χ2n) is 4.66. The Kier molecular flexibility index (Phi) is 4.57. The van der Waals surface area contributed by atoms with Gasteiger partial charge in [-0.15, -0.1) is 0 Å². The summed E-state index contributed by atoms with van der Waals surface area (Å²) < 4.78 is 26.2. The van der Waals surface area contributed by atoms with Crippen molar-refractivity contribution in [2.45, 2.75) is 24.2 Å². The Morgan fingerprint density at radius 1 is 1.20 bits per heavy atom. The van der Waals surface area contributed by atoms with E-state index in [0.29, 0.717) is 19.5 Å². The van der Waals surface area contributed by atoms with Crippen molar-refractivity contribution in [2.24, 2.45) is 0 Å². The topological polar surface area (TPSA) is 74.7 Å². The molecule has 5 nitrogen and oxygen atoms in total. The molecule has 20 heavy (non-hydrogen) atoms. The summed E-state index contributed by atoms with van der Waals surface area (Å²) in [5, 5.41) is 8.62. The molecule has 1 heterocycles. The first-order valence-electron chi connectivity index (χ1n) is 6.46. The molecule has 1 aliphatic heterocycles. The van der Waals surface area contributed by atoms with Crippen molar-refractivity contribution >= 4 is 16.0 Å². The molecule has 0 aliphatic carbocycles. The maximum absolute atomic E-state index is 12.4. The van der Waals surface area contributed by atoms with Crippen LogP contribution in [0.4, 0.5) is 0 Å². The maximum atomic E-state index is 12.4. The SMILES string of the molecule is O=C(O)CCc1ccc(S(=O)(=O)N2CC=CCC2)cc1. The van der Waals surface area contributed by atoms with Crippen molar-refractivity contribution in [2.75, 3.05) is 13.1 Å². The summed E-state index contributed by atoms with van der Waals surface area (Å²) in [7, 11) is -3.44. The summed E-state index contributed by atoms with van der Waals surface area (Å²) in [5.41, 5.74) is 0.824. The van der Waals surface area contributed by atoms with Crippen LogP contribution in [-0.2, 0) is 21.2 Å². The molecule has 0 unspecified atom stereocenters. The molecule has 0 aromatic heterocycles. The summed E-state index contributed by atoms with van der Waals surface area (Å²) in [6, 6.07) is 6.45. The second kappa shape index (κ2) is 6.19. The largest absolute Gasteiger partial charge is 0.481 e. The number of carbonyl (C=O) groups is 1. The quantitative estimate of drug-likeness (QED) is 0.838. The number of hydrogen-bond donors (Lipinski definition) is 1. The zero-order valence-electron chi connectivity index (χ0n) is 11.0. The summed E-state index contributed by atoms with van der Waals surface area (Å²) in [5.74, 6) is -0.859. The van der Waals surface area contributed by atoms with Crippen molar-refractivity contribution in [3.05, 3.63) is 42.0 Å². The maximum Gasteiger partial charge on any atom is 0.303 e. The Bertz CT molecular complexity index is 605. The normalized spacial score (nSPS) is 16.2. The lowest BCUT2D eigenvalue weighted by molar-refractivity contribution is -0.136. The molecule has 0 fully saturated rings. The number of aliphatic carboxylic acids is 1. The number of hydrogen-bond acceptors (Lipinski definition) is 3. The number of aryl methyl sites for hydroxylation is 1. The number of benzene rings is 1. The van der Waals surface area contributed by atoms with Crippen LogP contribution in [-0.4, -0.2) is 36.9 Å². The Morgan fingerprint density at radius 3 is 2.45 bits per heavy atom. The molecule has 0 radical (unpaired) electrons. The van der Waals surface area contributed by atoms with Gasteiger partial charge < -0.3 is 5.11 Å². The fourth-order valence-corrected chi connectivity index (χ4v) is 3.47. The summed E-state index contributed by atoms with van der Waals surface area (Å²) in [6.45, 7) is 0.905. The molecule has 108 valence electrons. The summed E-state index contributed by atoms with van der Waals surface area (Å²) in [4.78, 5) is 10.8. The lowest BCUT2D eigenvalue weighted by Crippen LogP contribution is -2.33. The zero-order chi connectivity index (χ0) is 14.6. The van der Waals surface area contributed by atoms with Crippen LogP contribution in [0.3, 0.4) is 0 Å². The van der Waals surface area contributed by atoms with Gasteiger partial charge in [-0.25, -0.2) is 8.42 Å². The molecule has 0 saturated heterocycles. The van der Waals surface area contributed by atoms with E-state index < -0.39 is 16.0 Å².